The van der Waals surface area contributed by atoms with E-state index in [-0.39, 0.29) is 0 Å². The van der Waals surface area contributed by atoms with Gasteiger partial charge in [-0.15, -0.1) is 0 Å². The minimum atomic E-state index is 0.628. The molecule has 1 aromatic carbocycles. The molecule has 0 fully saturated rings. The van der Waals surface area contributed by atoms with Crippen LogP contribution in [-0.4, -0.2) is 4.98 Å². The number of nitrogens with zero attached hydrogens (tertiary/aromatic N) is 1. The summed E-state index contributed by atoms with van der Waals surface area (Å²) in [5.74, 6) is 1.46. The monoisotopic (exact) mass is 297 g/mol. The zero-order valence-corrected chi connectivity index (χ0v) is 10.9. The molecule has 0 radical (unpaired) electrons. The van der Waals surface area contributed by atoms with E-state index in [4.69, 9.17) is 16.3 Å². The molecular weight excluding hydrogens is 289 g/mol. The van der Waals surface area contributed by atoms with Gasteiger partial charge in [0.1, 0.15) is 11.5 Å². The standard InChI is InChI=1S/C12H9BrClNO/c1-8-6-10(4-5-15-8)16-9-2-3-11(13)12(14)7-9/h2-7H,1H3. The van der Waals surface area contributed by atoms with Gasteiger partial charge in [-0.2, -0.15) is 0 Å². The molecule has 0 bridgehead atoms. The van der Waals surface area contributed by atoms with Gasteiger partial charge >= 0.3 is 0 Å². The first kappa shape index (κ1) is 11.4. The fourth-order valence-corrected chi connectivity index (χ4v) is 1.68. The van der Waals surface area contributed by atoms with Gasteiger partial charge in [-0.3, -0.25) is 4.98 Å². The summed E-state index contributed by atoms with van der Waals surface area (Å²) in [7, 11) is 0. The number of hydrogen-bond acceptors (Lipinski definition) is 2. The maximum absolute atomic E-state index is 5.97. The molecule has 0 aliphatic heterocycles. The van der Waals surface area contributed by atoms with Crippen molar-refractivity contribution in [3.63, 3.8) is 0 Å². The van der Waals surface area contributed by atoms with E-state index in [1.165, 1.54) is 0 Å². The molecule has 16 heavy (non-hydrogen) atoms. The average Bonchev–Trinajstić information content (AvgIpc) is 2.24. The van der Waals surface area contributed by atoms with Gasteiger partial charge in [-0.05, 0) is 41.1 Å². The van der Waals surface area contributed by atoms with Gasteiger partial charge in [-0.25, -0.2) is 0 Å². The molecule has 0 aliphatic carbocycles. The van der Waals surface area contributed by atoms with E-state index < -0.39 is 0 Å². The van der Waals surface area contributed by atoms with E-state index in [1.807, 2.05) is 31.2 Å². The predicted molar refractivity (Wildman–Crippen MR) is 68.2 cm³/mol. The Morgan fingerprint density at radius 1 is 1.19 bits per heavy atom. The van der Waals surface area contributed by atoms with Crippen LogP contribution >= 0.6 is 27.5 Å². The first-order chi connectivity index (χ1) is 7.65. The van der Waals surface area contributed by atoms with Crippen LogP contribution in [-0.2, 0) is 0 Å². The molecule has 82 valence electrons. The van der Waals surface area contributed by atoms with Crippen LogP contribution in [0.3, 0.4) is 0 Å². The van der Waals surface area contributed by atoms with Crippen molar-refractivity contribution in [2.75, 3.05) is 0 Å². The number of halogens is 2. The molecular formula is C12H9BrClNO. The van der Waals surface area contributed by atoms with Gasteiger partial charge in [0, 0.05) is 28.5 Å². The summed E-state index contributed by atoms with van der Waals surface area (Å²) in [6.45, 7) is 1.92. The fourth-order valence-electron chi connectivity index (χ4n) is 1.26. The highest BCUT2D eigenvalue weighted by Gasteiger charge is 2.01. The Morgan fingerprint density at radius 3 is 2.62 bits per heavy atom. The highest BCUT2D eigenvalue weighted by atomic mass is 79.9. The lowest BCUT2D eigenvalue weighted by atomic mass is 10.3. The van der Waals surface area contributed by atoms with E-state index in [0.29, 0.717) is 10.8 Å². The molecule has 2 rings (SSSR count). The number of hydrogen-bond donors (Lipinski definition) is 0. The number of pyridine rings is 1. The SMILES string of the molecule is Cc1cc(Oc2ccc(Br)c(Cl)c2)ccn1. The fraction of sp³-hybridized carbons (Fsp3) is 0.0833. The van der Waals surface area contributed by atoms with Gasteiger partial charge in [0.25, 0.3) is 0 Å². The van der Waals surface area contributed by atoms with E-state index in [0.717, 1.165) is 15.9 Å². The van der Waals surface area contributed by atoms with Crippen molar-refractivity contribution in [2.24, 2.45) is 0 Å². The second kappa shape index (κ2) is 4.85. The molecule has 0 saturated carbocycles. The van der Waals surface area contributed by atoms with Crippen molar-refractivity contribution in [2.45, 2.75) is 6.92 Å². The molecule has 0 amide bonds. The van der Waals surface area contributed by atoms with E-state index in [1.54, 1.807) is 12.3 Å². The van der Waals surface area contributed by atoms with Crippen LogP contribution in [0, 0.1) is 6.92 Å². The van der Waals surface area contributed by atoms with Gasteiger partial charge in [0.05, 0.1) is 5.02 Å². The molecule has 0 atom stereocenters. The largest absolute Gasteiger partial charge is 0.457 e. The first-order valence-corrected chi connectivity index (χ1v) is 5.88. The quantitative estimate of drug-likeness (QED) is 0.808. The number of aromatic nitrogens is 1. The van der Waals surface area contributed by atoms with Crippen LogP contribution < -0.4 is 4.74 Å². The van der Waals surface area contributed by atoms with Crippen molar-refractivity contribution in [1.82, 2.24) is 4.98 Å². The molecule has 1 aromatic heterocycles. The van der Waals surface area contributed by atoms with E-state index in [9.17, 15) is 0 Å². The molecule has 2 nitrogen and oxygen atoms in total. The third-order valence-electron chi connectivity index (χ3n) is 1.99. The third-order valence-corrected chi connectivity index (χ3v) is 3.23. The molecule has 0 unspecified atom stereocenters. The zero-order valence-electron chi connectivity index (χ0n) is 8.58. The normalized spacial score (nSPS) is 10.2. The Balaban J connectivity index is 2.24. The molecule has 2 aromatic rings. The molecule has 0 aliphatic rings. The van der Waals surface area contributed by atoms with E-state index in [2.05, 4.69) is 20.9 Å². The maximum atomic E-state index is 5.97. The van der Waals surface area contributed by atoms with Crippen molar-refractivity contribution in [1.29, 1.82) is 0 Å². The van der Waals surface area contributed by atoms with Gasteiger partial charge < -0.3 is 4.74 Å². The minimum absolute atomic E-state index is 0.628. The van der Waals surface area contributed by atoms with Crippen molar-refractivity contribution in [3.8, 4) is 11.5 Å². The highest BCUT2D eigenvalue weighted by molar-refractivity contribution is 9.10. The van der Waals surface area contributed by atoms with Crippen molar-refractivity contribution >= 4 is 27.5 Å². The maximum Gasteiger partial charge on any atom is 0.130 e. The second-order valence-corrected chi connectivity index (χ2v) is 4.57. The van der Waals surface area contributed by atoms with Crippen LogP contribution in [0.5, 0.6) is 11.5 Å². The molecule has 1 heterocycles. The predicted octanol–water partition coefficient (Wildman–Crippen LogP) is 4.60. The summed E-state index contributed by atoms with van der Waals surface area (Å²) in [6, 6.07) is 9.15. The molecule has 0 saturated heterocycles. The third kappa shape index (κ3) is 2.74. The number of benzene rings is 1. The first-order valence-electron chi connectivity index (χ1n) is 4.71. The van der Waals surface area contributed by atoms with E-state index >= 15 is 0 Å². The Labute approximate surface area is 107 Å². The van der Waals surface area contributed by atoms with Gasteiger partial charge in [0.2, 0.25) is 0 Å². The Hall–Kier alpha value is -1.06. The lowest BCUT2D eigenvalue weighted by Gasteiger charge is -2.06. The second-order valence-electron chi connectivity index (χ2n) is 3.31. The van der Waals surface area contributed by atoms with Crippen molar-refractivity contribution in [3.05, 3.63) is 51.7 Å². The number of ether oxygens (including phenoxy) is 1. The summed E-state index contributed by atoms with van der Waals surface area (Å²) in [5, 5.41) is 0.628. The molecule has 4 heteroatoms. The van der Waals surface area contributed by atoms with Gasteiger partial charge in [-0.1, -0.05) is 11.6 Å². The Bertz CT molecular complexity index is 516. The highest BCUT2D eigenvalue weighted by Crippen LogP contribution is 2.29. The molecule has 0 spiro atoms. The minimum Gasteiger partial charge on any atom is -0.457 e. The summed E-state index contributed by atoms with van der Waals surface area (Å²) >= 11 is 9.30. The average molecular weight is 299 g/mol. The smallest absolute Gasteiger partial charge is 0.130 e. The van der Waals surface area contributed by atoms with Crippen LogP contribution in [0.2, 0.25) is 5.02 Å². The van der Waals surface area contributed by atoms with Crippen LogP contribution in [0.25, 0.3) is 0 Å². The lowest BCUT2D eigenvalue weighted by molar-refractivity contribution is 0.481. The van der Waals surface area contributed by atoms with Crippen molar-refractivity contribution < 1.29 is 4.74 Å². The van der Waals surface area contributed by atoms with Gasteiger partial charge in [0.15, 0.2) is 0 Å². The number of aryl methyl sites for hydroxylation is 1. The Kier molecular flexibility index (Phi) is 3.46. The number of rotatable bonds is 2. The van der Waals surface area contributed by atoms with Crippen LogP contribution in [0.4, 0.5) is 0 Å². The summed E-state index contributed by atoms with van der Waals surface area (Å²) < 4.78 is 6.50. The Morgan fingerprint density at radius 2 is 1.94 bits per heavy atom. The van der Waals surface area contributed by atoms with Crippen LogP contribution in [0.15, 0.2) is 41.0 Å². The zero-order chi connectivity index (χ0) is 11.5. The topological polar surface area (TPSA) is 22.1 Å². The van der Waals surface area contributed by atoms with Crippen LogP contribution in [0.1, 0.15) is 5.69 Å². The lowest BCUT2D eigenvalue weighted by Crippen LogP contribution is -1.86. The summed E-state index contributed by atoms with van der Waals surface area (Å²) in [6.07, 6.45) is 1.71. The molecule has 0 N–H and O–H groups in total. The summed E-state index contributed by atoms with van der Waals surface area (Å²) in [4.78, 5) is 4.10. The summed E-state index contributed by atoms with van der Waals surface area (Å²) in [5.41, 5.74) is 0.917.